The van der Waals surface area contributed by atoms with E-state index in [0.717, 1.165) is 0 Å². The Bertz CT molecular complexity index is 333. The van der Waals surface area contributed by atoms with Gasteiger partial charge in [0.1, 0.15) is 11.9 Å². The Labute approximate surface area is 99.0 Å². The van der Waals surface area contributed by atoms with Gasteiger partial charge in [0.25, 0.3) is 0 Å². The molecule has 1 N–H and O–H groups in total. The third-order valence-electron chi connectivity index (χ3n) is 2.61. The van der Waals surface area contributed by atoms with Crippen molar-refractivity contribution < 1.29 is 13.2 Å². The van der Waals surface area contributed by atoms with E-state index in [1.165, 1.54) is 0 Å². The summed E-state index contributed by atoms with van der Waals surface area (Å²) in [5.41, 5.74) is 0. The Kier molecular flexibility index (Phi) is 4.99. The topological polar surface area (TPSA) is 29.9 Å². The predicted molar refractivity (Wildman–Crippen MR) is 59.7 cm³/mol. The quantitative estimate of drug-likeness (QED) is 0.838. The van der Waals surface area contributed by atoms with Crippen molar-refractivity contribution in [3.8, 4) is 0 Å². The SMILES string of the molecule is CCCNC(CCc1nccn1C)C(F)(F)F. The van der Waals surface area contributed by atoms with Crippen LogP contribution in [0.3, 0.4) is 0 Å². The molecule has 0 spiro atoms. The average molecular weight is 249 g/mol. The van der Waals surface area contributed by atoms with Crippen molar-refractivity contribution in [1.82, 2.24) is 14.9 Å². The molecule has 1 heterocycles. The molecule has 0 aromatic carbocycles. The molecule has 0 amide bonds. The van der Waals surface area contributed by atoms with E-state index in [1.807, 2.05) is 6.92 Å². The van der Waals surface area contributed by atoms with Crippen LogP contribution in [-0.2, 0) is 13.5 Å². The highest BCUT2D eigenvalue weighted by atomic mass is 19.4. The summed E-state index contributed by atoms with van der Waals surface area (Å²) in [4.78, 5) is 4.02. The second-order valence-electron chi connectivity index (χ2n) is 4.04. The molecule has 0 aliphatic carbocycles. The number of aryl methyl sites for hydroxylation is 2. The largest absolute Gasteiger partial charge is 0.403 e. The van der Waals surface area contributed by atoms with Crippen molar-refractivity contribution in [3.05, 3.63) is 18.2 Å². The zero-order chi connectivity index (χ0) is 12.9. The maximum Gasteiger partial charge on any atom is 0.403 e. The molecule has 0 aliphatic heterocycles. The van der Waals surface area contributed by atoms with Gasteiger partial charge >= 0.3 is 6.18 Å². The summed E-state index contributed by atoms with van der Waals surface area (Å²) in [6.07, 6.45) is 0.170. The van der Waals surface area contributed by atoms with Crippen LogP contribution in [0.15, 0.2) is 12.4 Å². The summed E-state index contributed by atoms with van der Waals surface area (Å²) in [6.45, 7) is 2.23. The summed E-state index contributed by atoms with van der Waals surface area (Å²) < 4.78 is 39.8. The van der Waals surface area contributed by atoms with E-state index in [1.54, 1.807) is 24.0 Å². The van der Waals surface area contributed by atoms with Gasteiger partial charge in [0.15, 0.2) is 0 Å². The van der Waals surface area contributed by atoms with Gasteiger partial charge in [0.2, 0.25) is 0 Å². The van der Waals surface area contributed by atoms with Crippen LogP contribution in [0.5, 0.6) is 0 Å². The number of imidazole rings is 1. The second-order valence-corrected chi connectivity index (χ2v) is 4.04. The highest BCUT2D eigenvalue weighted by Gasteiger charge is 2.38. The molecule has 1 aromatic heterocycles. The molecule has 1 unspecified atom stereocenters. The molecule has 17 heavy (non-hydrogen) atoms. The van der Waals surface area contributed by atoms with Crippen molar-refractivity contribution in [3.63, 3.8) is 0 Å². The summed E-state index contributed by atoms with van der Waals surface area (Å²) in [5, 5.41) is 2.53. The summed E-state index contributed by atoms with van der Waals surface area (Å²) in [7, 11) is 1.78. The van der Waals surface area contributed by atoms with Crippen LogP contribution in [0.4, 0.5) is 13.2 Å². The molecule has 0 aliphatic rings. The minimum atomic E-state index is -4.19. The lowest BCUT2D eigenvalue weighted by Crippen LogP contribution is -2.43. The van der Waals surface area contributed by atoms with Crippen LogP contribution in [0.2, 0.25) is 0 Å². The highest BCUT2D eigenvalue weighted by molar-refractivity contribution is 4.92. The molecule has 0 fully saturated rings. The Morgan fingerprint density at radius 1 is 1.47 bits per heavy atom. The number of halogens is 3. The fourth-order valence-corrected chi connectivity index (χ4v) is 1.61. The Morgan fingerprint density at radius 2 is 2.18 bits per heavy atom. The Morgan fingerprint density at radius 3 is 2.65 bits per heavy atom. The maximum absolute atomic E-state index is 12.7. The van der Waals surface area contributed by atoms with Crippen LogP contribution < -0.4 is 5.32 Å². The van der Waals surface area contributed by atoms with Gasteiger partial charge in [-0.25, -0.2) is 4.98 Å². The smallest absolute Gasteiger partial charge is 0.338 e. The van der Waals surface area contributed by atoms with E-state index < -0.39 is 12.2 Å². The fraction of sp³-hybridized carbons (Fsp3) is 0.727. The van der Waals surface area contributed by atoms with Crippen LogP contribution in [0, 0.1) is 0 Å². The lowest BCUT2D eigenvalue weighted by molar-refractivity contribution is -0.157. The van der Waals surface area contributed by atoms with Gasteiger partial charge in [-0.2, -0.15) is 13.2 Å². The first kappa shape index (κ1) is 14.0. The van der Waals surface area contributed by atoms with Gasteiger partial charge < -0.3 is 9.88 Å². The van der Waals surface area contributed by atoms with E-state index in [0.29, 0.717) is 25.2 Å². The molecule has 0 bridgehead atoms. The number of nitrogens with zero attached hydrogens (tertiary/aromatic N) is 2. The monoisotopic (exact) mass is 249 g/mol. The molecular formula is C11H18F3N3. The molecule has 0 saturated heterocycles. The Balaban J connectivity index is 2.52. The van der Waals surface area contributed by atoms with Crippen molar-refractivity contribution in [1.29, 1.82) is 0 Å². The van der Waals surface area contributed by atoms with Crippen LogP contribution >= 0.6 is 0 Å². The summed E-state index contributed by atoms with van der Waals surface area (Å²) in [5.74, 6) is 0.678. The number of alkyl halides is 3. The summed E-state index contributed by atoms with van der Waals surface area (Å²) in [6, 6.07) is -1.45. The van der Waals surface area contributed by atoms with Gasteiger partial charge in [0, 0.05) is 25.9 Å². The first-order valence-electron chi connectivity index (χ1n) is 5.71. The molecule has 0 radical (unpaired) electrons. The standard InChI is InChI=1S/C11H18F3N3/c1-3-6-15-9(11(12,13)14)4-5-10-16-7-8-17(10)2/h7-9,15H,3-6H2,1-2H3. The van der Waals surface area contributed by atoms with Crippen LogP contribution in [0.1, 0.15) is 25.6 Å². The molecular weight excluding hydrogens is 231 g/mol. The first-order valence-corrected chi connectivity index (χ1v) is 5.71. The molecule has 98 valence electrons. The third kappa shape index (κ3) is 4.38. The maximum atomic E-state index is 12.7. The van der Waals surface area contributed by atoms with Crippen molar-refractivity contribution in [2.24, 2.45) is 7.05 Å². The minimum absolute atomic E-state index is 0.0222. The molecule has 1 rings (SSSR count). The molecule has 3 nitrogen and oxygen atoms in total. The van der Waals surface area contributed by atoms with Crippen LogP contribution in [-0.4, -0.2) is 28.3 Å². The zero-order valence-corrected chi connectivity index (χ0v) is 10.1. The van der Waals surface area contributed by atoms with Gasteiger partial charge in [0.05, 0.1) is 0 Å². The van der Waals surface area contributed by atoms with E-state index in [2.05, 4.69) is 10.3 Å². The third-order valence-corrected chi connectivity index (χ3v) is 2.61. The van der Waals surface area contributed by atoms with Crippen LogP contribution in [0.25, 0.3) is 0 Å². The lowest BCUT2D eigenvalue weighted by atomic mass is 10.1. The van der Waals surface area contributed by atoms with E-state index in [4.69, 9.17) is 0 Å². The molecule has 1 atom stereocenters. The number of hydrogen-bond donors (Lipinski definition) is 1. The fourth-order valence-electron chi connectivity index (χ4n) is 1.61. The van der Waals surface area contributed by atoms with E-state index in [-0.39, 0.29) is 6.42 Å². The number of aromatic nitrogens is 2. The number of hydrogen-bond acceptors (Lipinski definition) is 2. The molecule has 1 aromatic rings. The number of nitrogens with one attached hydrogen (secondary N) is 1. The molecule has 0 saturated carbocycles. The first-order chi connectivity index (χ1) is 7.95. The predicted octanol–water partition coefficient (Wildman–Crippen LogP) is 2.28. The van der Waals surface area contributed by atoms with Gasteiger partial charge in [-0.05, 0) is 19.4 Å². The second kappa shape index (κ2) is 6.05. The molecule has 6 heteroatoms. The Hall–Kier alpha value is -1.04. The summed E-state index contributed by atoms with van der Waals surface area (Å²) >= 11 is 0. The van der Waals surface area contributed by atoms with Gasteiger partial charge in [-0.3, -0.25) is 0 Å². The van der Waals surface area contributed by atoms with E-state index in [9.17, 15) is 13.2 Å². The zero-order valence-electron chi connectivity index (χ0n) is 10.1. The van der Waals surface area contributed by atoms with Crippen molar-refractivity contribution in [2.75, 3.05) is 6.54 Å². The van der Waals surface area contributed by atoms with E-state index >= 15 is 0 Å². The normalized spacial score (nSPS) is 13.9. The van der Waals surface area contributed by atoms with Crippen molar-refractivity contribution >= 4 is 0 Å². The lowest BCUT2D eigenvalue weighted by Gasteiger charge is -2.21. The van der Waals surface area contributed by atoms with Gasteiger partial charge in [-0.15, -0.1) is 0 Å². The van der Waals surface area contributed by atoms with Gasteiger partial charge in [-0.1, -0.05) is 6.92 Å². The highest BCUT2D eigenvalue weighted by Crippen LogP contribution is 2.23. The average Bonchev–Trinajstić information content (AvgIpc) is 2.62. The number of rotatable bonds is 6. The van der Waals surface area contributed by atoms with Crippen molar-refractivity contribution in [2.45, 2.75) is 38.4 Å². The minimum Gasteiger partial charge on any atom is -0.338 e.